The van der Waals surface area contributed by atoms with Crippen LogP contribution in [0.1, 0.15) is 37.8 Å². The van der Waals surface area contributed by atoms with Gasteiger partial charge in [-0.15, -0.1) is 0 Å². The van der Waals surface area contributed by atoms with Gasteiger partial charge in [-0.25, -0.2) is 4.39 Å². The van der Waals surface area contributed by atoms with Gasteiger partial charge in [0.05, 0.1) is 0 Å². The third-order valence-electron chi connectivity index (χ3n) is 3.98. The van der Waals surface area contributed by atoms with Crippen molar-refractivity contribution in [1.82, 2.24) is 4.90 Å². The molecule has 0 aliphatic carbocycles. The van der Waals surface area contributed by atoms with Gasteiger partial charge in [0.25, 0.3) is 0 Å². The van der Waals surface area contributed by atoms with Crippen LogP contribution in [0.15, 0.2) is 18.2 Å². The summed E-state index contributed by atoms with van der Waals surface area (Å²) in [6, 6.07) is 4.73. The van der Waals surface area contributed by atoms with Gasteiger partial charge in [-0.2, -0.15) is 0 Å². The van der Waals surface area contributed by atoms with E-state index in [1.165, 1.54) is 25.0 Å². The molecule has 0 amide bonds. The third-order valence-corrected chi connectivity index (χ3v) is 3.98. The maximum atomic E-state index is 13.3. The fourth-order valence-electron chi connectivity index (χ4n) is 2.50. The second kappa shape index (κ2) is 6.39. The fourth-order valence-corrected chi connectivity index (χ4v) is 2.50. The minimum atomic E-state index is -0.282. The zero-order chi connectivity index (χ0) is 14.6. The molecule has 0 atom stereocenters. The molecule has 3 heteroatoms. The largest absolute Gasteiger partial charge is 0.384 e. The van der Waals surface area contributed by atoms with Crippen molar-refractivity contribution in [2.45, 2.75) is 33.2 Å². The average molecular weight is 275 g/mol. The van der Waals surface area contributed by atoms with Crippen molar-refractivity contribution in [1.29, 1.82) is 0 Å². The van der Waals surface area contributed by atoms with Crippen molar-refractivity contribution in [3.05, 3.63) is 35.1 Å². The van der Waals surface area contributed by atoms with Gasteiger partial charge in [0.2, 0.25) is 0 Å². The molecule has 0 bridgehead atoms. The van der Waals surface area contributed by atoms with Crippen LogP contribution in [0.3, 0.4) is 0 Å². The zero-order valence-electron chi connectivity index (χ0n) is 12.2. The van der Waals surface area contributed by atoms with E-state index in [1.54, 1.807) is 6.07 Å². The lowest BCUT2D eigenvalue weighted by molar-refractivity contribution is 0.127. The monoisotopic (exact) mass is 275 g/mol. The molecule has 1 heterocycles. The molecule has 0 saturated carbocycles. The van der Waals surface area contributed by atoms with Gasteiger partial charge in [-0.1, -0.05) is 31.8 Å². The third kappa shape index (κ3) is 4.06. The highest BCUT2D eigenvalue weighted by molar-refractivity contribution is 5.41. The molecule has 1 N–H and O–H groups in total. The predicted octanol–water partition coefficient (Wildman–Crippen LogP) is 2.79. The summed E-state index contributed by atoms with van der Waals surface area (Å²) in [4.78, 5) is 2.39. The van der Waals surface area contributed by atoms with E-state index in [-0.39, 0.29) is 12.4 Å². The van der Waals surface area contributed by atoms with Crippen LogP contribution in [-0.4, -0.2) is 29.7 Å². The summed E-state index contributed by atoms with van der Waals surface area (Å²) in [7, 11) is 0. The van der Waals surface area contributed by atoms with E-state index < -0.39 is 0 Å². The molecule has 0 radical (unpaired) electrons. The number of likely N-dealkylation sites (tertiary alicyclic amines) is 1. The Kier molecular flexibility index (Phi) is 4.80. The summed E-state index contributed by atoms with van der Waals surface area (Å²) in [5.74, 6) is 5.16. The first kappa shape index (κ1) is 15.0. The Morgan fingerprint density at radius 3 is 2.65 bits per heavy atom. The smallest absolute Gasteiger partial charge is 0.124 e. The Morgan fingerprint density at radius 1 is 1.30 bits per heavy atom. The Bertz CT molecular complexity index is 518. The van der Waals surface area contributed by atoms with Crippen molar-refractivity contribution in [2.24, 2.45) is 5.41 Å². The Balaban J connectivity index is 2.09. The first-order valence-corrected chi connectivity index (χ1v) is 7.11. The molecule has 1 fully saturated rings. The number of hydrogen-bond donors (Lipinski definition) is 1. The van der Waals surface area contributed by atoms with E-state index in [9.17, 15) is 4.39 Å². The summed E-state index contributed by atoms with van der Waals surface area (Å²) >= 11 is 0. The van der Waals surface area contributed by atoms with Crippen LogP contribution in [0.25, 0.3) is 0 Å². The number of benzene rings is 1. The molecule has 20 heavy (non-hydrogen) atoms. The second-order valence-electron chi connectivity index (χ2n) is 6.20. The lowest BCUT2D eigenvalue weighted by atomic mass is 9.82. The summed E-state index contributed by atoms with van der Waals surface area (Å²) in [5.41, 5.74) is 2.15. The molecule has 1 aromatic rings. The Morgan fingerprint density at radius 2 is 2.00 bits per heavy atom. The van der Waals surface area contributed by atoms with Crippen molar-refractivity contribution in [3.63, 3.8) is 0 Å². The van der Waals surface area contributed by atoms with Gasteiger partial charge in [-0.3, -0.25) is 4.90 Å². The quantitative estimate of drug-likeness (QED) is 0.839. The van der Waals surface area contributed by atoms with Crippen LogP contribution in [0.2, 0.25) is 0 Å². The van der Waals surface area contributed by atoms with E-state index in [4.69, 9.17) is 5.11 Å². The van der Waals surface area contributed by atoms with E-state index >= 15 is 0 Å². The van der Waals surface area contributed by atoms with Crippen molar-refractivity contribution in [3.8, 4) is 11.8 Å². The van der Waals surface area contributed by atoms with Crippen molar-refractivity contribution >= 4 is 0 Å². The van der Waals surface area contributed by atoms with Crippen LogP contribution in [0, 0.1) is 23.1 Å². The molecule has 0 unspecified atom stereocenters. The summed E-state index contributed by atoms with van der Waals surface area (Å²) < 4.78 is 13.3. The van der Waals surface area contributed by atoms with Gasteiger partial charge in [0, 0.05) is 12.1 Å². The maximum Gasteiger partial charge on any atom is 0.124 e. The van der Waals surface area contributed by atoms with Crippen molar-refractivity contribution < 1.29 is 9.50 Å². The molecule has 0 aromatic heterocycles. The molecule has 0 spiro atoms. The van der Waals surface area contributed by atoms with E-state index in [0.29, 0.717) is 11.0 Å². The Hall–Kier alpha value is -1.37. The molecular weight excluding hydrogens is 253 g/mol. The Labute approximate surface area is 120 Å². The molecule has 2 rings (SSSR count). The number of aliphatic hydroxyl groups is 1. The minimum absolute atomic E-state index is 0.201. The second-order valence-corrected chi connectivity index (χ2v) is 6.20. The normalized spacial score (nSPS) is 18.4. The van der Waals surface area contributed by atoms with Crippen molar-refractivity contribution in [2.75, 3.05) is 19.7 Å². The number of aliphatic hydroxyl groups excluding tert-OH is 1. The number of piperidine rings is 1. The summed E-state index contributed by atoms with van der Waals surface area (Å²) in [5, 5.41) is 8.79. The first-order valence-electron chi connectivity index (χ1n) is 7.11. The van der Waals surface area contributed by atoms with Gasteiger partial charge in [-0.05, 0) is 49.0 Å². The molecule has 1 aliphatic heterocycles. The van der Waals surface area contributed by atoms with Crippen LogP contribution < -0.4 is 0 Å². The fraction of sp³-hybridized carbons (Fsp3) is 0.529. The zero-order valence-corrected chi connectivity index (χ0v) is 12.2. The standard InChI is InChI=1S/C17H22FNO/c1-17(2)7-9-19(10-8-17)13-15-5-6-16(18)12-14(15)4-3-11-20/h5-6,12,20H,7-11,13H2,1-2H3. The van der Waals surface area contributed by atoms with E-state index in [2.05, 4.69) is 30.6 Å². The first-order chi connectivity index (χ1) is 9.50. The SMILES string of the molecule is CC1(C)CCN(Cc2ccc(F)cc2C#CCO)CC1. The summed E-state index contributed by atoms with van der Waals surface area (Å²) in [6.07, 6.45) is 2.37. The predicted molar refractivity (Wildman–Crippen MR) is 78.7 cm³/mol. The molecule has 1 aromatic carbocycles. The summed E-state index contributed by atoms with van der Waals surface area (Å²) in [6.45, 7) is 7.34. The van der Waals surface area contributed by atoms with Crippen LogP contribution in [0.4, 0.5) is 4.39 Å². The van der Waals surface area contributed by atoms with Crippen LogP contribution >= 0.6 is 0 Å². The number of rotatable bonds is 2. The lowest BCUT2D eigenvalue weighted by Crippen LogP contribution is -2.36. The van der Waals surface area contributed by atoms with Gasteiger partial charge < -0.3 is 5.11 Å². The molecular formula is C17H22FNO. The van der Waals surface area contributed by atoms with E-state index in [0.717, 1.165) is 25.2 Å². The molecule has 108 valence electrons. The number of hydrogen-bond acceptors (Lipinski definition) is 2. The average Bonchev–Trinajstić information content (AvgIpc) is 2.41. The number of nitrogens with zero attached hydrogens (tertiary/aromatic N) is 1. The van der Waals surface area contributed by atoms with Gasteiger partial charge >= 0.3 is 0 Å². The molecule has 2 nitrogen and oxygen atoms in total. The highest BCUT2D eigenvalue weighted by atomic mass is 19.1. The lowest BCUT2D eigenvalue weighted by Gasteiger charge is -2.37. The maximum absolute atomic E-state index is 13.3. The van der Waals surface area contributed by atoms with Crippen LogP contribution in [-0.2, 0) is 6.54 Å². The highest BCUT2D eigenvalue weighted by Gasteiger charge is 2.25. The topological polar surface area (TPSA) is 23.5 Å². The number of halogens is 1. The van der Waals surface area contributed by atoms with Gasteiger partial charge in [0.15, 0.2) is 0 Å². The van der Waals surface area contributed by atoms with Gasteiger partial charge in [0.1, 0.15) is 12.4 Å². The molecule has 1 aliphatic rings. The van der Waals surface area contributed by atoms with E-state index in [1.807, 2.05) is 0 Å². The molecule has 1 saturated heterocycles. The van der Waals surface area contributed by atoms with Crippen LogP contribution in [0.5, 0.6) is 0 Å². The minimum Gasteiger partial charge on any atom is -0.384 e. The highest BCUT2D eigenvalue weighted by Crippen LogP contribution is 2.30.